The number of nitrogens with one attached hydrogen (secondary N) is 1. The molecule has 0 spiro atoms. The van der Waals surface area contributed by atoms with Gasteiger partial charge in [0, 0.05) is 0 Å². The minimum Gasteiger partial charge on any atom is -0.394 e. The molecule has 6 nitrogen and oxygen atoms in total. The maximum atomic E-state index is 12.4. The molecule has 0 aromatic heterocycles. The summed E-state index contributed by atoms with van der Waals surface area (Å²) in [6.07, 6.45) is 32.4. The van der Waals surface area contributed by atoms with Crippen molar-refractivity contribution in [2.75, 3.05) is 6.61 Å². The number of hydrogen-bond acceptors (Lipinski definition) is 5. The Morgan fingerprint density at radius 3 is 1.40 bits per heavy atom. The van der Waals surface area contributed by atoms with Crippen molar-refractivity contribution in [3.63, 3.8) is 0 Å². The molecule has 0 rings (SSSR count). The number of amides is 1. The van der Waals surface area contributed by atoms with Crippen LogP contribution in [0.1, 0.15) is 187 Å². The van der Waals surface area contributed by atoms with Gasteiger partial charge in [-0.3, -0.25) is 4.79 Å². The van der Waals surface area contributed by atoms with Crippen LogP contribution >= 0.6 is 0 Å². The summed E-state index contributed by atoms with van der Waals surface area (Å²) >= 11 is 0. The van der Waals surface area contributed by atoms with Crippen LogP contribution in [0.25, 0.3) is 0 Å². The lowest BCUT2D eigenvalue weighted by molar-refractivity contribution is -0.132. The molecular weight excluding hydrogens is 538 g/mol. The highest BCUT2D eigenvalue weighted by atomic mass is 16.3. The standard InChI is InChI=1S/C37H73NO5/c1-3-5-7-9-11-13-15-16-17-18-19-20-21-23-25-27-29-31-35(41)37(43)38-33(32-39)36(42)34(40)30-28-26-24-22-14-12-10-8-6-4-2/h22,24,33-36,39-42H,3-21,23,25-32H2,1-2H3,(H,38,43)/b24-22+. The second kappa shape index (κ2) is 32.4. The summed E-state index contributed by atoms with van der Waals surface area (Å²) in [5.74, 6) is -0.594. The van der Waals surface area contributed by atoms with Gasteiger partial charge >= 0.3 is 0 Å². The smallest absolute Gasteiger partial charge is 0.249 e. The quantitative estimate of drug-likeness (QED) is 0.0377. The van der Waals surface area contributed by atoms with E-state index in [-0.39, 0.29) is 0 Å². The lowest BCUT2D eigenvalue weighted by Gasteiger charge is -2.27. The molecule has 0 aliphatic rings. The molecule has 256 valence electrons. The highest BCUT2D eigenvalue weighted by Gasteiger charge is 2.28. The third-order valence-corrected chi connectivity index (χ3v) is 8.73. The molecule has 6 heteroatoms. The van der Waals surface area contributed by atoms with Crippen LogP contribution in [-0.4, -0.2) is 57.3 Å². The molecular formula is C37H73NO5. The van der Waals surface area contributed by atoms with Crippen molar-refractivity contribution in [2.45, 2.75) is 212 Å². The fourth-order valence-electron chi connectivity index (χ4n) is 5.70. The largest absolute Gasteiger partial charge is 0.394 e. The molecule has 0 bridgehead atoms. The van der Waals surface area contributed by atoms with Crippen LogP contribution in [0.15, 0.2) is 12.2 Å². The Hall–Kier alpha value is -0.950. The van der Waals surface area contributed by atoms with Crippen LogP contribution in [0, 0.1) is 0 Å². The average Bonchev–Trinajstić information content (AvgIpc) is 3.01. The summed E-state index contributed by atoms with van der Waals surface area (Å²) in [7, 11) is 0. The van der Waals surface area contributed by atoms with Crippen molar-refractivity contribution in [3.8, 4) is 0 Å². The zero-order valence-corrected chi connectivity index (χ0v) is 28.5. The van der Waals surface area contributed by atoms with E-state index in [0.29, 0.717) is 12.8 Å². The lowest BCUT2D eigenvalue weighted by atomic mass is 10.00. The molecule has 43 heavy (non-hydrogen) atoms. The first-order valence-electron chi connectivity index (χ1n) is 18.6. The molecule has 5 N–H and O–H groups in total. The summed E-state index contributed by atoms with van der Waals surface area (Å²) in [5.41, 5.74) is 0. The van der Waals surface area contributed by atoms with Crippen LogP contribution < -0.4 is 5.32 Å². The third-order valence-electron chi connectivity index (χ3n) is 8.73. The predicted molar refractivity (Wildman–Crippen MR) is 182 cm³/mol. The Labute approximate surface area is 266 Å². The minimum absolute atomic E-state index is 0.367. The third kappa shape index (κ3) is 27.1. The topological polar surface area (TPSA) is 110 Å². The van der Waals surface area contributed by atoms with Crippen molar-refractivity contribution < 1.29 is 25.2 Å². The van der Waals surface area contributed by atoms with Crippen molar-refractivity contribution in [1.29, 1.82) is 0 Å². The molecule has 0 saturated heterocycles. The first-order chi connectivity index (χ1) is 21.0. The summed E-state index contributed by atoms with van der Waals surface area (Å²) in [4.78, 5) is 12.4. The van der Waals surface area contributed by atoms with Gasteiger partial charge in [0.15, 0.2) is 0 Å². The fourth-order valence-corrected chi connectivity index (χ4v) is 5.70. The molecule has 0 aliphatic heterocycles. The average molecular weight is 612 g/mol. The van der Waals surface area contributed by atoms with E-state index >= 15 is 0 Å². The molecule has 0 fully saturated rings. The van der Waals surface area contributed by atoms with Gasteiger partial charge in [-0.2, -0.15) is 0 Å². The van der Waals surface area contributed by atoms with E-state index in [4.69, 9.17) is 0 Å². The van der Waals surface area contributed by atoms with E-state index in [0.717, 1.165) is 38.5 Å². The molecule has 0 aromatic rings. The number of unbranched alkanes of at least 4 members (excludes halogenated alkanes) is 22. The normalized spacial score (nSPS) is 14.7. The van der Waals surface area contributed by atoms with Crippen molar-refractivity contribution >= 4 is 5.91 Å². The van der Waals surface area contributed by atoms with Crippen LogP contribution in [0.2, 0.25) is 0 Å². The van der Waals surface area contributed by atoms with Crippen LogP contribution in [0.5, 0.6) is 0 Å². The molecule has 1 amide bonds. The van der Waals surface area contributed by atoms with Gasteiger partial charge in [-0.25, -0.2) is 0 Å². The molecule has 4 unspecified atom stereocenters. The first kappa shape index (κ1) is 42.0. The number of carbonyl (C=O) groups excluding carboxylic acids is 1. The van der Waals surface area contributed by atoms with E-state index in [2.05, 4.69) is 31.3 Å². The van der Waals surface area contributed by atoms with E-state index in [1.165, 1.54) is 122 Å². The Kier molecular flexibility index (Phi) is 31.7. The Bertz CT molecular complexity index is 614. The fraction of sp³-hybridized carbons (Fsp3) is 0.919. The summed E-state index contributed by atoms with van der Waals surface area (Å²) in [6.45, 7) is 3.99. The monoisotopic (exact) mass is 612 g/mol. The zero-order valence-electron chi connectivity index (χ0n) is 28.5. The zero-order chi connectivity index (χ0) is 31.8. The van der Waals surface area contributed by atoms with Crippen molar-refractivity contribution in [3.05, 3.63) is 12.2 Å². The minimum atomic E-state index is -1.27. The molecule has 0 saturated carbocycles. The summed E-state index contributed by atoms with van der Waals surface area (Å²) in [6, 6.07) is -0.994. The molecule has 0 aromatic carbocycles. The number of aliphatic hydroxyl groups is 4. The van der Waals surface area contributed by atoms with Crippen LogP contribution in [0.3, 0.4) is 0 Å². The van der Waals surface area contributed by atoms with E-state index in [1.54, 1.807) is 0 Å². The Balaban J connectivity index is 3.79. The lowest BCUT2D eigenvalue weighted by Crippen LogP contribution is -2.53. The van der Waals surface area contributed by atoms with Gasteiger partial charge in [0.2, 0.25) is 5.91 Å². The van der Waals surface area contributed by atoms with E-state index in [9.17, 15) is 25.2 Å². The predicted octanol–water partition coefficient (Wildman–Crippen LogP) is 8.67. The summed E-state index contributed by atoms with van der Waals surface area (Å²) in [5, 5.41) is 43.3. The van der Waals surface area contributed by atoms with Crippen LogP contribution in [-0.2, 0) is 4.79 Å². The highest BCUT2D eigenvalue weighted by molar-refractivity contribution is 5.80. The SMILES string of the molecule is CCCCCCC/C=C/CCCC(O)C(O)C(CO)NC(=O)C(O)CCCCCCCCCCCCCCCCCCC. The molecule has 0 radical (unpaired) electrons. The van der Waals surface area contributed by atoms with Gasteiger partial charge in [-0.05, 0) is 38.5 Å². The summed E-state index contributed by atoms with van der Waals surface area (Å²) < 4.78 is 0. The second-order valence-electron chi connectivity index (χ2n) is 12.9. The van der Waals surface area contributed by atoms with Gasteiger partial charge in [-0.1, -0.05) is 161 Å². The maximum absolute atomic E-state index is 12.4. The molecule has 0 aliphatic carbocycles. The highest BCUT2D eigenvalue weighted by Crippen LogP contribution is 2.15. The van der Waals surface area contributed by atoms with Crippen LogP contribution in [0.4, 0.5) is 0 Å². The van der Waals surface area contributed by atoms with Gasteiger partial charge in [0.25, 0.3) is 0 Å². The van der Waals surface area contributed by atoms with Gasteiger partial charge in [0.1, 0.15) is 12.2 Å². The Morgan fingerprint density at radius 2 is 0.953 bits per heavy atom. The van der Waals surface area contributed by atoms with Gasteiger partial charge in [0.05, 0.1) is 18.8 Å². The number of carbonyl (C=O) groups is 1. The van der Waals surface area contributed by atoms with Crippen molar-refractivity contribution in [2.24, 2.45) is 0 Å². The number of allylic oxidation sites excluding steroid dienone is 2. The maximum Gasteiger partial charge on any atom is 0.249 e. The van der Waals surface area contributed by atoms with Gasteiger partial charge in [-0.15, -0.1) is 0 Å². The molecule has 4 atom stereocenters. The van der Waals surface area contributed by atoms with Gasteiger partial charge < -0.3 is 25.7 Å². The number of rotatable bonds is 33. The second-order valence-corrected chi connectivity index (χ2v) is 12.9. The number of hydrogen-bond donors (Lipinski definition) is 5. The van der Waals surface area contributed by atoms with Crippen molar-refractivity contribution in [1.82, 2.24) is 5.32 Å². The first-order valence-corrected chi connectivity index (χ1v) is 18.6. The van der Waals surface area contributed by atoms with E-state index < -0.39 is 36.9 Å². The Morgan fingerprint density at radius 1 is 0.558 bits per heavy atom. The van der Waals surface area contributed by atoms with E-state index in [1.807, 2.05) is 0 Å². The number of aliphatic hydroxyl groups excluding tert-OH is 4. The molecule has 0 heterocycles.